The van der Waals surface area contributed by atoms with Gasteiger partial charge in [-0.25, -0.2) is 0 Å². The van der Waals surface area contributed by atoms with Gasteiger partial charge < -0.3 is 0 Å². The van der Waals surface area contributed by atoms with Crippen LogP contribution in [0.3, 0.4) is 0 Å². The zero-order valence-electron chi connectivity index (χ0n) is 14.8. The second kappa shape index (κ2) is 6.89. The van der Waals surface area contributed by atoms with Crippen molar-refractivity contribution in [2.45, 2.75) is 13.8 Å². The van der Waals surface area contributed by atoms with Gasteiger partial charge in [-0.1, -0.05) is 18.2 Å². The van der Waals surface area contributed by atoms with E-state index in [1.807, 2.05) is 50.6 Å². The first kappa shape index (κ1) is 16.2. The van der Waals surface area contributed by atoms with Crippen molar-refractivity contribution >= 4 is 0 Å². The van der Waals surface area contributed by atoms with Gasteiger partial charge in [-0.2, -0.15) is 0 Å². The lowest BCUT2D eigenvalue weighted by Gasteiger charge is -2.10. The van der Waals surface area contributed by atoms with Crippen molar-refractivity contribution in [3.63, 3.8) is 0 Å². The molecule has 0 bridgehead atoms. The van der Waals surface area contributed by atoms with Crippen molar-refractivity contribution in [1.29, 1.82) is 0 Å². The number of hydrogen-bond donors (Lipinski definition) is 0. The Labute approximate surface area is 153 Å². The molecular formula is C23H19N3. The third kappa shape index (κ3) is 3.38. The van der Waals surface area contributed by atoms with E-state index in [0.29, 0.717) is 0 Å². The van der Waals surface area contributed by atoms with Crippen LogP contribution in [0.25, 0.3) is 33.8 Å². The number of nitrogens with zero attached hydrogens (tertiary/aromatic N) is 3. The van der Waals surface area contributed by atoms with Gasteiger partial charge >= 0.3 is 0 Å². The van der Waals surface area contributed by atoms with E-state index < -0.39 is 0 Å². The first-order valence-corrected chi connectivity index (χ1v) is 8.61. The van der Waals surface area contributed by atoms with Gasteiger partial charge in [0.25, 0.3) is 0 Å². The standard InChI is InChI=1S/C23H19N3/c1-16-6-8-22(25-14-16)19-11-18(21-5-3-4-10-24-21)12-20(13-19)23-9-7-17(2)15-26-23/h3-15H,1-2H3. The lowest BCUT2D eigenvalue weighted by Crippen LogP contribution is -1.91. The molecule has 0 saturated carbocycles. The van der Waals surface area contributed by atoms with E-state index >= 15 is 0 Å². The van der Waals surface area contributed by atoms with E-state index in [-0.39, 0.29) is 0 Å². The van der Waals surface area contributed by atoms with Gasteiger partial charge in [-0.05, 0) is 67.4 Å². The zero-order chi connectivity index (χ0) is 17.9. The van der Waals surface area contributed by atoms with Gasteiger partial charge in [0.1, 0.15) is 0 Å². The van der Waals surface area contributed by atoms with Crippen molar-refractivity contribution in [3.8, 4) is 33.8 Å². The van der Waals surface area contributed by atoms with E-state index in [1.165, 1.54) is 0 Å². The highest BCUT2D eigenvalue weighted by Crippen LogP contribution is 2.30. The van der Waals surface area contributed by atoms with Crippen LogP contribution in [0.4, 0.5) is 0 Å². The average molecular weight is 337 g/mol. The summed E-state index contributed by atoms with van der Waals surface area (Å²) in [6.07, 6.45) is 5.61. The lowest BCUT2D eigenvalue weighted by molar-refractivity contribution is 1.26. The van der Waals surface area contributed by atoms with Crippen LogP contribution in [-0.2, 0) is 0 Å². The first-order valence-electron chi connectivity index (χ1n) is 8.61. The summed E-state index contributed by atoms with van der Waals surface area (Å²) >= 11 is 0. The highest BCUT2D eigenvalue weighted by Gasteiger charge is 2.09. The van der Waals surface area contributed by atoms with E-state index in [1.54, 1.807) is 0 Å². The molecule has 0 radical (unpaired) electrons. The number of aryl methyl sites for hydroxylation is 2. The minimum Gasteiger partial charge on any atom is -0.256 e. The van der Waals surface area contributed by atoms with Gasteiger partial charge in [0, 0.05) is 35.3 Å². The van der Waals surface area contributed by atoms with Gasteiger partial charge in [-0.3, -0.25) is 15.0 Å². The van der Waals surface area contributed by atoms with Crippen molar-refractivity contribution in [1.82, 2.24) is 15.0 Å². The third-order valence-corrected chi connectivity index (χ3v) is 4.31. The maximum Gasteiger partial charge on any atom is 0.0702 e. The number of rotatable bonds is 3. The Morgan fingerprint density at radius 3 is 1.42 bits per heavy atom. The van der Waals surface area contributed by atoms with Crippen molar-refractivity contribution in [2.24, 2.45) is 0 Å². The molecule has 4 aromatic rings. The van der Waals surface area contributed by atoms with Crippen LogP contribution in [0.1, 0.15) is 11.1 Å². The number of aromatic nitrogens is 3. The van der Waals surface area contributed by atoms with Crippen LogP contribution >= 0.6 is 0 Å². The Morgan fingerprint density at radius 1 is 0.538 bits per heavy atom. The predicted octanol–water partition coefficient (Wildman–Crippen LogP) is 5.49. The summed E-state index contributed by atoms with van der Waals surface area (Å²) in [6.45, 7) is 4.09. The van der Waals surface area contributed by atoms with Crippen molar-refractivity contribution < 1.29 is 0 Å². The Bertz CT molecular complexity index is 958. The molecule has 126 valence electrons. The highest BCUT2D eigenvalue weighted by atomic mass is 14.7. The quantitative estimate of drug-likeness (QED) is 0.496. The second-order valence-corrected chi connectivity index (χ2v) is 6.46. The van der Waals surface area contributed by atoms with Crippen LogP contribution in [0.5, 0.6) is 0 Å². The normalized spacial score (nSPS) is 10.7. The highest BCUT2D eigenvalue weighted by molar-refractivity contribution is 5.78. The molecule has 3 heteroatoms. The molecule has 0 spiro atoms. The van der Waals surface area contributed by atoms with E-state index in [0.717, 1.165) is 44.9 Å². The third-order valence-electron chi connectivity index (χ3n) is 4.31. The molecule has 0 aliphatic carbocycles. The summed E-state index contributed by atoms with van der Waals surface area (Å²) in [4.78, 5) is 13.7. The largest absolute Gasteiger partial charge is 0.256 e. The van der Waals surface area contributed by atoms with Crippen LogP contribution in [0.2, 0.25) is 0 Å². The van der Waals surface area contributed by atoms with Crippen LogP contribution in [0, 0.1) is 13.8 Å². The molecular weight excluding hydrogens is 318 g/mol. The minimum atomic E-state index is 0.940. The number of pyridine rings is 3. The topological polar surface area (TPSA) is 38.7 Å². The van der Waals surface area contributed by atoms with E-state index in [2.05, 4.69) is 57.4 Å². The molecule has 0 N–H and O–H groups in total. The lowest BCUT2D eigenvalue weighted by atomic mass is 9.98. The molecule has 0 aliphatic heterocycles. The molecule has 0 aliphatic rings. The van der Waals surface area contributed by atoms with Crippen LogP contribution in [0.15, 0.2) is 79.3 Å². The zero-order valence-corrected chi connectivity index (χ0v) is 14.8. The van der Waals surface area contributed by atoms with Gasteiger partial charge in [0.2, 0.25) is 0 Å². The smallest absolute Gasteiger partial charge is 0.0702 e. The number of benzene rings is 1. The Balaban J connectivity index is 1.89. The molecule has 0 fully saturated rings. The monoisotopic (exact) mass is 337 g/mol. The van der Waals surface area contributed by atoms with E-state index in [9.17, 15) is 0 Å². The molecule has 4 rings (SSSR count). The molecule has 1 aromatic carbocycles. The molecule has 0 unspecified atom stereocenters. The van der Waals surface area contributed by atoms with E-state index in [4.69, 9.17) is 0 Å². The van der Waals surface area contributed by atoms with Gasteiger partial charge in [0.15, 0.2) is 0 Å². The fourth-order valence-corrected chi connectivity index (χ4v) is 2.88. The van der Waals surface area contributed by atoms with Crippen LogP contribution < -0.4 is 0 Å². The molecule has 3 heterocycles. The molecule has 0 saturated heterocycles. The Morgan fingerprint density at radius 2 is 1.04 bits per heavy atom. The molecule has 3 nitrogen and oxygen atoms in total. The van der Waals surface area contributed by atoms with Gasteiger partial charge in [0.05, 0.1) is 17.1 Å². The van der Waals surface area contributed by atoms with Crippen molar-refractivity contribution in [2.75, 3.05) is 0 Å². The Kier molecular flexibility index (Phi) is 4.28. The molecule has 3 aromatic heterocycles. The van der Waals surface area contributed by atoms with Crippen molar-refractivity contribution in [3.05, 3.63) is 90.4 Å². The summed E-state index contributed by atoms with van der Waals surface area (Å²) in [5.41, 5.74) is 8.31. The maximum absolute atomic E-state index is 4.59. The second-order valence-electron chi connectivity index (χ2n) is 6.46. The first-order chi connectivity index (χ1) is 12.7. The fraction of sp³-hybridized carbons (Fsp3) is 0.0870. The summed E-state index contributed by atoms with van der Waals surface area (Å²) in [6, 6.07) is 20.6. The summed E-state index contributed by atoms with van der Waals surface area (Å²) < 4.78 is 0. The Hall–Kier alpha value is -3.33. The minimum absolute atomic E-state index is 0.940. The number of hydrogen-bond acceptors (Lipinski definition) is 3. The summed E-state index contributed by atoms with van der Waals surface area (Å²) in [5.74, 6) is 0. The summed E-state index contributed by atoms with van der Waals surface area (Å²) in [5, 5.41) is 0. The molecule has 0 atom stereocenters. The summed E-state index contributed by atoms with van der Waals surface area (Å²) in [7, 11) is 0. The SMILES string of the molecule is Cc1ccc(-c2cc(-c3ccccn3)cc(-c3ccc(C)cn3)c2)nc1. The molecule has 0 amide bonds. The van der Waals surface area contributed by atoms with Crippen LogP contribution in [-0.4, -0.2) is 15.0 Å². The average Bonchev–Trinajstić information content (AvgIpc) is 2.69. The predicted molar refractivity (Wildman–Crippen MR) is 106 cm³/mol. The maximum atomic E-state index is 4.59. The van der Waals surface area contributed by atoms with Gasteiger partial charge in [-0.15, -0.1) is 0 Å². The molecule has 26 heavy (non-hydrogen) atoms. The fourth-order valence-electron chi connectivity index (χ4n) is 2.88.